The second-order valence-corrected chi connectivity index (χ2v) is 9.33. The predicted octanol–water partition coefficient (Wildman–Crippen LogP) is 6.96. The third-order valence-electron chi connectivity index (χ3n) is 7.12. The van der Waals surface area contributed by atoms with Crippen LogP contribution in [0.25, 0.3) is 33.3 Å². The molecule has 5 aromatic rings. The maximum Gasteiger partial charge on any atom is 0.339 e. The van der Waals surface area contributed by atoms with E-state index in [1.54, 1.807) is 0 Å². The number of pyridine rings is 1. The van der Waals surface area contributed by atoms with Crippen LogP contribution in [0, 0.1) is 0 Å². The molecular formula is C32H23NO4. The molecule has 4 aromatic carbocycles. The third kappa shape index (κ3) is 3.80. The maximum atomic E-state index is 13.6. The van der Waals surface area contributed by atoms with Crippen LogP contribution in [-0.4, -0.2) is 17.7 Å². The lowest BCUT2D eigenvalue weighted by Gasteiger charge is -2.13. The molecule has 37 heavy (non-hydrogen) atoms. The van der Waals surface area contributed by atoms with Gasteiger partial charge in [-0.3, -0.25) is 0 Å². The Morgan fingerprint density at radius 1 is 0.865 bits per heavy atom. The number of nitrogens with zero attached hydrogens (tertiary/aromatic N) is 1. The number of ether oxygens (including phenoxy) is 3. The number of hydrogen-bond acceptors (Lipinski definition) is 5. The number of aromatic nitrogens is 1. The van der Waals surface area contributed by atoms with Gasteiger partial charge >= 0.3 is 5.97 Å². The normalized spacial score (nSPS) is 14.9. The van der Waals surface area contributed by atoms with Crippen molar-refractivity contribution in [1.82, 2.24) is 4.98 Å². The van der Waals surface area contributed by atoms with Crippen molar-refractivity contribution in [2.24, 2.45) is 0 Å². The molecule has 0 amide bonds. The number of allylic oxidation sites excluding steroid dienone is 1. The van der Waals surface area contributed by atoms with E-state index >= 15 is 0 Å². The Hall–Kier alpha value is -4.64. The molecule has 2 heterocycles. The van der Waals surface area contributed by atoms with E-state index < -0.39 is 0 Å². The van der Waals surface area contributed by atoms with Crippen molar-refractivity contribution in [2.45, 2.75) is 19.4 Å². The Balaban J connectivity index is 1.26. The number of carbonyl (C=O) groups excluding carboxylic acids is 1. The number of carbonyl (C=O) groups is 1. The smallest absolute Gasteiger partial charge is 0.339 e. The Bertz CT molecular complexity index is 1730. The van der Waals surface area contributed by atoms with E-state index in [-0.39, 0.29) is 19.4 Å². The lowest BCUT2D eigenvalue weighted by atomic mass is 10.0. The highest BCUT2D eigenvalue weighted by atomic mass is 16.7. The van der Waals surface area contributed by atoms with Crippen molar-refractivity contribution < 1.29 is 19.0 Å². The van der Waals surface area contributed by atoms with Crippen LogP contribution in [0.1, 0.15) is 39.2 Å². The van der Waals surface area contributed by atoms with Crippen LogP contribution in [0.2, 0.25) is 0 Å². The molecule has 1 aliphatic heterocycles. The fourth-order valence-corrected chi connectivity index (χ4v) is 5.35. The van der Waals surface area contributed by atoms with Crippen LogP contribution in [-0.2, 0) is 17.8 Å². The van der Waals surface area contributed by atoms with Gasteiger partial charge in [-0.25, -0.2) is 9.78 Å². The summed E-state index contributed by atoms with van der Waals surface area (Å²) >= 11 is 0. The monoisotopic (exact) mass is 485 g/mol. The molecule has 2 aliphatic rings. The number of para-hydroxylation sites is 1. The highest BCUT2D eigenvalue weighted by Gasteiger charge is 2.28. The van der Waals surface area contributed by atoms with Crippen molar-refractivity contribution in [2.75, 3.05) is 6.79 Å². The van der Waals surface area contributed by atoms with Gasteiger partial charge in [0.05, 0.1) is 16.8 Å². The fraction of sp³-hybridized carbons (Fsp3) is 0.125. The molecule has 7 rings (SSSR count). The molecule has 0 N–H and O–H groups in total. The van der Waals surface area contributed by atoms with Gasteiger partial charge in [0, 0.05) is 5.39 Å². The Kier molecular flexibility index (Phi) is 5.14. The van der Waals surface area contributed by atoms with E-state index in [2.05, 4.69) is 24.3 Å². The van der Waals surface area contributed by atoms with Crippen molar-refractivity contribution in [1.29, 1.82) is 0 Å². The van der Waals surface area contributed by atoms with Crippen LogP contribution in [0.15, 0.2) is 84.9 Å². The average Bonchev–Trinajstić information content (AvgIpc) is 3.57. The first-order chi connectivity index (χ1) is 18.2. The van der Waals surface area contributed by atoms with E-state index in [9.17, 15) is 4.79 Å². The van der Waals surface area contributed by atoms with E-state index in [1.165, 1.54) is 0 Å². The number of esters is 1. The molecule has 5 heteroatoms. The largest absolute Gasteiger partial charge is 0.457 e. The zero-order chi connectivity index (χ0) is 24.8. The first-order valence-electron chi connectivity index (χ1n) is 12.4. The molecule has 0 spiro atoms. The first-order valence-corrected chi connectivity index (χ1v) is 12.4. The van der Waals surface area contributed by atoms with Crippen LogP contribution < -0.4 is 9.47 Å². The summed E-state index contributed by atoms with van der Waals surface area (Å²) in [5, 5.41) is 3.05. The summed E-state index contributed by atoms with van der Waals surface area (Å²) in [4.78, 5) is 18.6. The maximum absolute atomic E-state index is 13.6. The van der Waals surface area contributed by atoms with Crippen molar-refractivity contribution in [3.05, 3.63) is 113 Å². The Morgan fingerprint density at radius 2 is 1.68 bits per heavy atom. The van der Waals surface area contributed by atoms with Gasteiger partial charge in [0.25, 0.3) is 0 Å². The van der Waals surface area contributed by atoms with Gasteiger partial charge in [-0.2, -0.15) is 0 Å². The average molecular weight is 486 g/mol. The topological polar surface area (TPSA) is 57.7 Å². The molecule has 1 aromatic heterocycles. The van der Waals surface area contributed by atoms with Gasteiger partial charge in [-0.05, 0) is 70.2 Å². The number of rotatable bonds is 4. The summed E-state index contributed by atoms with van der Waals surface area (Å²) in [5.74, 6) is 1.19. The van der Waals surface area contributed by atoms with Crippen LogP contribution >= 0.6 is 0 Å². The summed E-state index contributed by atoms with van der Waals surface area (Å²) in [6.07, 6.45) is 3.67. The van der Waals surface area contributed by atoms with Gasteiger partial charge in [0.1, 0.15) is 6.61 Å². The highest BCUT2D eigenvalue weighted by Crippen LogP contribution is 2.39. The number of hydrogen-bond donors (Lipinski definition) is 0. The van der Waals surface area contributed by atoms with Gasteiger partial charge < -0.3 is 14.2 Å². The predicted molar refractivity (Wildman–Crippen MR) is 144 cm³/mol. The summed E-state index contributed by atoms with van der Waals surface area (Å²) in [6, 6.07) is 27.9. The van der Waals surface area contributed by atoms with Crippen LogP contribution in [0.5, 0.6) is 11.5 Å². The molecule has 0 saturated carbocycles. The summed E-state index contributed by atoms with van der Waals surface area (Å²) in [6.45, 7) is 0.460. The lowest BCUT2D eigenvalue weighted by Crippen LogP contribution is -2.10. The molecule has 5 nitrogen and oxygen atoms in total. The molecule has 0 radical (unpaired) electrons. The number of fused-ring (bicyclic) bond motifs is 4. The van der Waals surface area contributed by atoms with Crippen molar-refractivity contribution in [3.63, 3.8) is 0 Å². The van der Waals surface area contributed by atoms with E-state index in [0.29, 0.717) is 5.56 Å². The minimum atomic E-state index is -0.313. The quantitative estimate of drug-likeness (QED) is 0.258. The summed E-state index contributed by atoms with van der Waals surface area (Å²) in [7, 11) is 0. The van der Waals surface area contributed by atoms with Crippen molar-refractivity contribution in [3.8, 4) is 11.5 Å². The highest BCUT2D eigenvalue weighted by molar-refractivity contribution is 6.07. The first kappa shape index (κ1) is 21.6. The Labute approximate surface area is 213 Å². The Morgan fingerprint density at radius 3 is 2.62 bits per heavy atom. The second kappa shape index (κ2) is 8.79. The van der Waals surface area contributed by atoms with E-state index in [1.807, 2.05) is 66.7 Å². The molecule has 0 saturated heterocycles. The van der Waals surface area contributed by atoms with Gasteiger partial charge in [0.2, 0.25) is 6.79 Å². The minimum Gasteiger partial charge on any atom is -0.457 e. The van der Waals surface area contributed by atoms with Crippen molar-refractivity contribution >= 4 is 39.3 Å². The molecule has 0 atom stereocenters. The second-order valence-electron chi connectivity index (χ2n) is 9.33. The molecule has 1 aliphatic carbocycles. The van der Waals surface area contributed by atoms with Crippen LogP contribution in [0.4, 0.5) is 0 Å². The zero-order valence-corrected chi connectivity index (χ0v) is 20.1. The lowest BCUT2D eigenvalue weighted by molar-refractivity contribution is 0.0475. The molecule has 180 valence electrons. The summed E-state index contributed by atoms with van der Waals surface area (Å²) in [5.41, 5.74) is 6.34. The van der Waals surface area contributed by atoms with Crippen LogP contribution in [0.3, 0.4) is 0 Å². The summed E-state index contributed by atoms with van der Waals surface area (Å²) < 4.78 is 16.9. The fourth-order valence-electron chi connectivity index (χ4n) is 5.35. The molecule has 0 unspecified atom stereocenters. The molecular weight excluding hydrogens is 462 g/mol. The van der Waals surface area contributed by atoms with Gasteiger partial charge in [-0.1, -0.05) is 66.7 Å². The standard InChI is InChI=1S/C32H23NO4/c34-32(35-18-23-8-5-7-21-6-1-2-9-24(21)23)30-25-10-3-4-11-27(25)33-31-22(13-14-26(30)31)16-20-12-15-28-29(17-20)37-19-36-28/h1-12,15-17H,13-14,18-19H2. The SMILES string of the molecule is O=C(OCc1cccc2ccccc12)c1c2c(nc3ccccc13)C(=Cc1ccc3c(c1)OCO3)CC2. The zero-order valence-electron chi connectivity index (χ0n) is 20.1. The molecule has 0 bridgehead atoms. The third-order valence-corrected chi connectivity index (χ3v) is 7.12. The molecule has 0 fully saturated rings. The number of benzene rings is 4. The van der Waals surface area contributed by atoms with Gasteiger partial charge in [-0.15, -0.1) is 0 Å². The minimum absolute atomic E-state index is 0.214. The van der Waals surface area contributed by atoms with E-state index in [0.717, 1.165) is 74.0 Å². The van der Waals surface area contributed by atoms with Gasteiger partial charge in [0.15, 0.2) is 11.5 Å². The van der Waals surface area contributed by atoms with E-state index in [4.69, 9.17) is 19.2 Å².